The number of amides is 1. The van der Waals surface area contributed by atoms with Crippen molar-refractivity contribution in [2.24, 2.45) is 0 Å². The number of ether oxygens (including phenoxy) is 1. The second-order valence-electron chi connectivity index (χ2n) is 5.18. The number of hydrogen-bond donors (Lipinski definition) is 1. The molecule has 0 atom stereocenters. The summed E-state index contributed by atoms with van der Waals surface area (Å²) >= 11 is 6.31. The quantitative estimate of drug-likeness (QED) is 0.412. The minimum atomic E-state index is -0.521. The molecule has 132 valence electrons. The van der Waals surface area contributed by atoms with Gasteiger partial charge in [-0.25, -0.2) is 4.79 Å². The highest BCUT2D eigenvalue weighted by Crippen LogP contribution is 2.25. The maximum atomic E-state index is 12.5. The van der Waals surface area contributed by atoms with Crippen molar-refractivity contribution in [3.8, 4) is 0 Å². The molecule has 0 bridgehead atoms. The Hall–Kier alpha value is -2.22. The zero-order valence-electron chi connectivity index (χ0n) is 13.5. The van der Waals surface area contributed by atoms with Gasteiger partial charge in [0.2, 0.25) is 0 Å². The molecule has 0 aliphatic heterocycles. The maximum absolute atomic E-state index is 12.5. The van der Waals surface area contributed by atoms with E-state index in [0.717, 1.165) is 14.2 Å². The number of carbonyl (C=O) groups excluding carboxylic acids is 2. The van der Waals surface area contributed by atoms with Gasteiger partial charge in [-0.1, -0.05) is 28.1 Å². The first-order valence-corrected chi connectivity index (χ1v) is 10.2. The molecule has 2 aromatic heterocycles. The number of rotatable bonds is 6. The molecule has 0 unspecified atom stereocenters. The van der Waals surface area contributed by atoms with Crippen molar-refractivity contribution in [3.63, 3.8) is 0 Å². The van der Waals surface area contributed by atoms with Crippen LogP contribution in [0.5, 0.6) is 0 Å². The van der Waals surface area contributed by atoms with Crippen LogP contribution < -0.4 is 5.32 Å². The number of anilines is 1. The lowest BCUT2D eigenvalue weighted by Gasteiger charge is -2.08. The second kappa shape index (κ2) is 8.93. The molecule has 0 saturated heterocycles. The van der Waals surface area contributed by atoms with Crippen LogP contribution in [0, 0.1) is 0 Å². The van der Waals surface area contributed by atoms with Gasteiger partial charge in [-0.15, -0.1) is 22.7 Å². The minimum absolute atomic E-state index is 0.345. The minimum Gasteiger partial charge on any atom is -0.452 e. The summed E-state index contributed by atoms with van der Waals surface area (Å²) in [6.07, 6.45) is 1.78. The molecule has 1 N–H and O–H groups in total. The zero-order valence-corrected chi connectivity index (χ0v) is 16.7. The summed E-state index contributed by atoms with van der Waals surface area (Å²) in [5, 5.41) is 6.53. The zero-order chi connectivity index (χ0) is 18.4. The first-order chi connectivity index (χ1) is 12.6. The van der Waals surface area contributed by atoms with E-state index >= 15 is 0 Å². The van der Waals surface area contributed by atoms with Crippen LogP contribution in [-0.4, -0.2) is 18.5 Å². The van der Waals surface area contributed by atoms with Gasteiger partial charge < -0.3 is 10.1 Å². The normalized spacial score (nSPS) is 11.2. The van der Waals surface area contributed by atoms with Gasteiger partial charge in [0.1, 0.15) is 0 Å². The average molecular weight is 448 g/mol. The number of benzene rings is 1. The fourth-order valence-electron chi connectivity index (χ4n) is 2.12. The van der Waals surface area contributed by atoms with Gasteiger partial charge in [0.25, 0.3) is 5.91 Å². The maximum Gasteiger partial charge on any atom is 0.340 e. The summed E-state index contributed by atoms with van der Waals surface area (Å²) in [6.45, 7) is -0.345. The Bertz CT molecular complexity index is 901. The van der Waals surface area contributed by atoms with E-state index in [1.165, 1.54) is 22.7 Å². The van der Waals surface area contributed by atoms with Gasteiger partial charge in [-0.2, -0.15) is 0 Å². The number of thiophene rings is 2. The molecule has 1 amide bonds. The summed E-state index contributed by atoms with van der Waals surface area (Å²) in [7, 11) is 0. The summed E-state index contributed by atoms with van der Waals surface area (Å²) < 4.78 is 6.14. The molecule has 0 aliphatic rings. The van der Waals surface area contributed by atoms with Crippen molar-refractivity contribution in [1.82, 2.24) is 0 Å². The monoisotopic (exact) mass is 447 g/mol. The summed E-state index contributed by atoms with van der Waals surface area (Å²) in [5.41, 5.74) is 1.08. The topological polar surface area (TPSA) is 55.4 Å². The lowest BCUT2D eigenvalue weighted by Crippen LogP contribution is -2.21. The highest BCUT2D eigenvalue weighted by atomic mass is 79.9. The Morgan fingerprint density at radius 3 is 2.42 bits per heavy atom. The van der Waals surface area contributed by atoms with Crippen LogP contribution in [-0.2, 0) is 14.3 Å². The number of hydrogen-bond acceptors (Lipinski definition) is 5. The lowest BCUT2D eigenvalue weighted by atomic mass is 10.2. The SMILES string of the molecule is O=C(COC(=O)/C(=C/c1cccs1)c1cccs1)Nc1ccc(Br)cc1. The first-order valence-electron chi connectivity index (χ1n) is 7.63. The molecule has 2 heterocycles. The molecule has 26 heavy (non-hydrogen) atoms. The largest absolute Gasteiger partial charge is 0.452 e. The Labute approximate surface area is 167 Å². The Balaban J connectivity index is 1.64. The van der Waals surface area contributed by atoms with Crippen molar-refractivity contribution < 1.29 is 14.3 Å². The van der Waals surface area contributed by atoms with Crippen LogP contribution in [0.1, 0.15) is 9.75 Å². The Kier molecular flexibility index (Phi) is 6.38. The van der Waals surface area contributed by atoms with Crippen molar-refractivity contribution in [3.05, 3.63) is 73.5 Å². The van der Waals surface area contributed by atoms with Crippen molar-refractivity contribution >= 4 is 67.8 Å². The van der Waals surface area contributed by atoms with Crippen LogP contribution in [0.15, 0.2) is 63.8 Å². The lowest BCUT2D eigenvalue weighted by molar-refractivity contribution is -0.141. The van der Waals surface area contributed by atoms with Gasteiger partial charge in [0.15, 0.2) is 6.61 Å². The van der Waals surface area contributed by atoms with E-state index in [1.807, 2.05) is 47.2 Å². The third-order valence-corrected chi connectivity index (χ3v) is 5.55. The highest BCUT2D eigenvalue weighted by molar-refractivity contribution is 9.10. The van der Waals surface area contributed by atoms with Crippen molar-refractivity contribution in [2.75, 3.05) is 11.9 Å². The van der Waals surface area contributed by atoms with Gasteiger partial charge in [0, 0.05) is 19.9 Å². The van der Waals surface area contributed by atoms with E-state index in [4.69, 9.17) is 4.74 Å². The predicted molar refractivity (Wildman–Crippen MR) is 110 cm³/mol. The summed E-state index contributed by atoms with van der Waals surface area (Å²) in [6, 6.07) is 14.7. The van der Waals surface area contributed by atoms with Gasteiger partial charge in [-0.3, -0.25) is 4.79 Å². The third-order valence-electron chi connectivity index (χ3n) is 3.30. The fraction of sp³-hybridized carbons (Fsp3) is 0.0526. The van der Waals surface area contributed by atoms with Crippen molar-refractivity contribution in [1.29, 1.82) is 0 Å². The van der Waals surface area contributed by atoms with Crippen LogP contribution in [0.2, 0.25) is 0 Å². The molecule has 3 aromatic rings. The average Bonchev–Trinajstić information content (AvgIpc) is 3.33. The second-order valence-corrected chi connectivity index (χ2v) is 8.02. The van der Waals surface area contributed by atoms with E-state index < -0.39 is 5.97 Å². The van der Waals surface area contributed by atoms with Crippen LogP contribution in [0.4, 0.5) is 5.69 Å². The molecule has 0 saturated carbocycles. The van der Waals surface area contributed by atoms with E-state index in [2.05, 4.69) is 21.2 Å². The van der Waals surface area contributed by atoms with Gasteiger partial charge in [-0.05, 0) is 53.2 Å². The Morgan fingerprint density at radius 2 is 1.77 bits per heavy atom. The number of nitrogens with one attached hydrogen (secondary N) is 1. The number of carbonyl (C=O) groups is 2. The smallest absolute Gasteiger partial charge is 0.340 e. The summed E-state index contributed by atoms with van der Waals surface area (Å²) in [5.74, 6) is -0.908. The molecule has 4 nitrogen and oxygen atoms in total. The molecule has 3 rings (SSSR count). The molecule has 7 heteroatoms. The Morgan fingerprint density at radius 1 is 1.04 bits per heavy atom. The molecular weight excluding hydrogens is 434 g/mol. The standard InChI is InChI=1S/C19H14BrNO3S2/c20-13-5-7-14(8-6-13)21-18(22)12-24-19(23)16(17-4-2-10-26-17)11-15-3-1-9-25-15/h1-11H,12H2,(H,21,22)/b16-11+. The number of esters is 1. The molecule has 0 fully saturated rings. The van der Waals surface area contributed by atoms with Crippen LogP contribution in [0.3, 0.4) is 0 Å². The van der Waals surface area contributed by atoms with E-state index in [-0.39, 0.29) is 12.5 Å². The highest BCUT2D eigenvalue weighted by Gasteiger charge is 2.17. The predicted octanol–water partition coefficient (Wildman–Crippen LogP) is 5.29. The van der Waals surface area contributed by atoms with Crippen molar-refractivity contribution in [2.45, 2.75) is 0 Å². The van der Waals surface area contributed by atoms with Gasteiger partial charge >= 0.3 is 5.97 Å². The summed E-state index contributed by atoms with van der Waals surface area (Å²) in [4.78, 5) is 26.3. The number of halogens is 1. The van der Waals surface area contributed by atoms with Crippen LogP contribution in [0.25, 0.3) is 11.6 Å². The van der Waals surface area contributed by atoms with Crippen LogP contribution >= 0.6 is 38.6 Å². The van der Waals surface area contributed by atoms with E-state index in [0.29, 0.717) is 11.3 Å². The molecular formula is C19H14BrNO3S2. The molecule has 0 radical (unpaired) electrons. The van der Waals surface area contributed by atoms with E-state index in [1.54, 1.807) is 18.2 Å². The molecule has 0 spiro atoms. The molecule has 1 aromatic carbocycles. The third kappa shape index (κ3) is 5.14. The van der Waals surface area contributed by atoms with E-state index in [9.17, 15) is 9.59 Å². The fourth-order valence-corrected chi connectivity index (χ4v) is 3.77. The molecule has 0 aliphatic carbocycles. The first kappa shape index (κ1) is 18.6. The van der Waals surface area contributed by atoms with Gasteiger partial charge in [0.05, 0.1) is 5.57 Å².